The number of rotatable bonds is 4. The molecule has 1 aromatic rings. The van der Waals surface area contributed by atoms with Gasteiger partial charge in [-0.2, -0.15) is 0 Å². The number of carbonyl (C=O) groups is 2. The van der Waals surface area contributed by atoms with Crippen LogP contribution < -0.4 is 0 Å². The predicted octanol–water partition coefficient (Wildman–Crippen LogP) is 3.40. The summed E-state index contributed by atoms with van der Waals surface area (Å²) >= 11 is 0. The number of piperidine rings is 1. The zero-order valence-electron chi connectivity index (χ0n) is 15.5. The van der Waals surface area contributed by atoms with E-state index >= 15 is 0 Å². The van der Waals surface area contributed by atoms with Gasteiger partial charge < -0.3 is 9.80 Å². The third kappa shape index (κ3) is 5.29. The highest BCUT2D eigenvalue weighted by Crippen LogP contribution is 2.22. The minimum absolute atomic E-state index is 0.0723. The number of amides is 2. The minimum Gasteiger partial charge on any atom is -0.341 e. The van der Waals surface area contributed by atoms with Gasteiger partial charge in [-0.05, 0) is 55.7 Å². The Morgan fingerprint density at radius 1 is 1.08 bits per heavy atom. The molecule has 2 aliphatic heterocycles. The molecule has 0 aliphatic carbocycles. The van der Waals surface area contributed by atoms with Gasteiger partial charge in [0.25, 0.3) is 0 Å². The van der Waals surface area contributed by atoms with Gasteiger partial charge in [-0.15, -0.1) is 0 Å². The summed E-state index contributed by atoms with van der Waals surface area (Å²) in [4.78, 5) is 28.4. The largest absolute Gasteiger partial charge is 0.341 e. The zero-order valence-corrected chi connectivity index (χ0v) is 15.5. The van der Waals surface area contributed by atoms with Crippen LogP contribution in [0.2, 0.25) is 0 Å². The summed E-state index contributed by atoms with van der Waals surface area (Å²) in [6, 6.07) is 6.79. The third-order valence-corrected chi connectivity index (χ3v) is 5.63. The van der Waals surface area contributed by atoms with E-state index in [-0.39, 0.29) is 24.2 Å². The Hall–Kier alpha value is -1.91. The van der Waals surface area contributed by atoms with E-state index in [9.17, 15) is 14.0 Å². The van der Waals surface area contributed by atoms with Crippen molar-refractivity contribution in [2.75, 3.05) is 26.2 Å². The van der Waals surface area contributed by atoms with Gasteiger partial charge in [0.1, 0.15) is 5.82 Å². The number of benzene rings is 1. The first-order chi connectivity index (χ1) is 12.6. The van der Waals surface area contributed by atoms with Crippen molar-refractivity contribution in [1.82, 2.24) is 9.80 Å². The molecule has 142 valence electrons. The van der Waals surface area contributed by atoms with Crippen molar-refractivity contribution in [2.45, 2.75) is 51.4 Å². The van der Waals surface area contributed by atoms with Crippen LogP contribution in [0.1, 0.15) is 50.5 Å². The monoisotopic (exact) mass is 360 g/mol. The summed E-state index contributed by atoms with van der Waals surface area (Å²) < 4.78 is 13.3. The molecule has 1 aromatic carbocycles. The maximum absolute atomic E-state index is 13.3. The van der Waals surface area contributed by atoms with Crippen LogP contribution in [0.25, 0.3) is 0 Å². The molecule has 3 rings (SSSR count). The molecule has 26 heavy (non-hydrogen) atoms. The van der Waals surface area contributed by atoms with Crippen molar-refractivity contribution >= 4 is 11.8 Å². The standard InChI is InChI=1S/C21H29FN2O2/c22-19-7-5-6-18(15-19)14-17-9-12-23(13-10-17)21(26)16-24-11-4-2-1-3-8-20(24)25/h5-7,15,17H,1-4,8-14,16H2. The second-order valence-corrected chi connectivity index (χ2v) is 7.64. The summed E-state index contributed by atoms with van der Waals surface area (Å²) in [5.41, 5.74) is 1.03. The lowest BCUT2D eigenvalue weighted by Gasteiger charge is -2.34. The highest BCUT2D eigenvalue weighted by molar-refractivity contribution is 5.85. The summed E-state index contributed by atoms with van der Waals surface area (Å²) in [5.74, 6) is 0.499. The molecule has 2 saturated heterocycles. The average molecular weight is 360 g/mol. The van der Waals surface area contributed by atoms with Gasteiger partial charge in [0.05, 0.1) is 6.54 Å². The normalized spacial score (nSPS) is 20.0. The van der Waals surface area contributed by atoms with Crippen LogP contribution >= 0.6 is 0 Å². The SMILES string of the molecule is O=C(CN1CCCCCCC1=O)N1CCC(Cc2cccc(F)c2)CC1. The average Bonchev–Trinajstić information content (AvgIpc) is 2.62. The Kier molecular flexibility index (Phi) is 6.64. The molecule has 0 bridgehead atoms. The van der Waals surface area contributed by atoms with Crippen LogP contribution in [0.5, 0.6) is 0 Å². The van der Waals surface area contributed by atoms with Gasteiger partial charge in [0, 0.05) is 26.1 Å². The lowest BCUT2D eigenvalue weighted by molar-refractivity contribution is -0.141. The Balaban J connectivity index is 1.46. The van der Waals surface area contributed by atoms with E-state index < -0.39 is 0 Å². The van der Waals surface area contributed by atoms with Crippen molar-refractivity contribution in [1.29, 1.82) is 0 Å². The topological polar surface area (TPSA) is 40.6 Å². The lowest BCUT2D eigenvalue weighted by atomic mass is 9.90. The Labute approximate surface area is 155 Å². The van der Waals surface area contributed by atoms with Gasteiger partial charge in [0.2, 0.25) is 11.8 Å². The molecule has 0 atom stereocenters. The predicted molar refractivity (Wildman–Crippen MR) is 99.1 cm³/mol. The number of halogens is 1. The van der Waals surface area contributed by atoms with Gasteiger partial charge in [0.15, 0.2) is 0 Å². The minimum atomic E-state index is -0.187. The molecule has 0 radical (unpaired) electrons. The van der Waals surface area contributed by atoms with Crippen LogP contribution in [0, 0.1) is 11.7 Å². The molecule has 2 amide bonds. The third-order valence-electron chi connectivity index (χ3n) is 5.63. The van der Waals surface area contributed by atoms with E-state index in [0.717, 1.165) is 63.6 Å². The molecule has 2 fully saturated rings. The first kappa shape index (κ1) is 18.9. The molecule has 2 heterocycles. The molecule has 0 spiro atoms. The number of nitrogens with zero attached hydrogens (tertiary/aromatic N) is 2. The Morgan fingerprint density at radius 2 is 1.85 bits per heavy atom. The molecule has 0 N–H and O–H groups in total. The first-order valence-electron chi connectivity index (χ1n) is 9.92. The Morgan fingerprint density at radius 3 is 2.62 bits per heavy atom. The van der Waals surface area contributed by atoms with Crippen LogP contribution in [0.15, 0.2) is 24.3 Å². The lowest BCUT2D eigenvalue weighted by Crippen LogP contribution is -2.46. The number of hydrogen-bond donors (Lipinski definition) is 0. The van der Waals surface area contributed by atoms with E-state index in [1.807, 2.05) is 11.0 Å². The van der Waals surface area contributed by atoms with E-state index in [0.29, 0.717) is 18.9 Å². The van der Waals surface area contributed by atoms with Crippen molar-refractivity contribution in [3.63, 3.8) is 0 Å². The van der Waals surface area contributed by atoms with Gasteiger partial charge >= 0.3 is 0 Å². The van der Waals surface area contributed by atoms with Crippen molar-refractivity contribution < 1.29 is 14.0 Å². The molecular weight excluding hydrogens is 331 g/mol. The molecular formula is C21H29FN2O2. The zero-order chi connectivity index (χ0) is 18.4. The van der Waals surface area contributed by atoms with Crippen LogP contribution in [-0.4, -0.2) is 47.8 Å². The highest BCUT2D eigenvalue weighted by atomic mass is 19.1. The van der Waals surface area contributed by atoms with Crippen molar-refractivity contribution in [3.8, 4) is 0 Å². The highest BCUT2D eigenvalue weighted by Gasteiger charge is 2.26. The molecule has 0 aromatic heterocycles. The fourth-order valence-electron chi connectivity index (χ4n) is 4.03. The summed E-state index contributed by atoms with van der Waals surface area (Å²) in [5, 5.41) is 0. The van der Waals surface area contributed by atoms with E-state index in [2.05, 4.69) is 0 Å². The van der Waals surface area contributed by atoms with Crippen LogP contribution in [0.4, 0.5) is 4.39 Å². The van der Waals surface area contributed by atoms with E-state index in [4.69, 9.17) is 0 Å². The molecule has 4 nitrogen and oxygen atoms in total. The molecule has 2 aliphatic rings. The quantitative estimate of drug-likeness (QED) is 0.826. The van der Waals surface area contributed by atoms with Gasteiger partial charge in [-0.3, -0.25) is 9.59 Å². The summed E-state index contributed by atoms with van der Waals surface area (Å²) in [6.07, 6.45) is 7.51. The van der Waals surface area contributed by atoms with Gasteiger partial charge in [-0.1, -0.05) is 25.0 Å². The maximum atomic E-state index is 13.3. The van der Waals surface area contributed by atoms with E-state index in [1.165, 1.54) is 6.07 Å². The fraction of sp³-hybridized carbons (Fsp3) is 0.619. The first-order valence-corrected chi connectivity index (χ1v) is 9.92. The summed E-state index contributed by atoms with van der Waals surface area (Å²) in [6.45, 7) is 2.41. The van der Waals surface area contributed by atoms with Crippen LogP contribution in [0.3, 0.4) is 0 Å². The van der Waals surface area contributed by atoms with E-state index in [1.54, 1.807) is 17.0 Å². The fourth-order valence-corrected chi connectivity index (χ4v) is 4.03. The maximum Gasteiger partial charge on any atom is 0.242 e. The Bertz CT molecular complexity index is 626. The molecule has 0 unspecified atom stereocenters. The second-order valence-electron chi connectivity index (χ2n) is 7.64. The smallest absolute Gasteiger partial charge is 0.242 e. The number of carbonyl (C=O) groups excluding carboxylic acids is 2. The second kappa shape index (κ2) is 9.15. The summed E-state index contributed by atoms with van der Waals surface area (Å²) in [7, 11) is 0. The molecule has 5 heteroatoms. The van der Waals surface area contributed by atoms with Gasteiger partial charge in [-0.25, -0.2) is 4.39 Å². The number of hydrogen-bond acceptors (Lipinski definition) is 2. The molecule has 0 saturated carbocycles. The van der Waals surface area contributed by atoms with Crippen LogP contribution in [-0.2, 0) is 16.0 Å². The number of likely N-dealkylation sites (tertiary alicyclic amines) is 2. The van der Waals surface area contributed by atoms with Crippen molar-refractivity contribution in [3.05, 3.63) is 35.6 Å². The van der Waals surface area contributed by atoms with Crippen molar-refractivity contribution in [2.24, 2.45) is 5.92 Å².